The molecule has 0 saturated carbocycles. The molecule has 136 valence electrons. The van der Waals surface area contributed by atoms with E-state index in [0.29, 0.717) is 23.3 Å². The van der Waals surface area contributed by atoms with Crippen molar-refractivity contribution in [2.24, 2.45) is 0 Å². The smallest absolute Gasteiger partial charge is 0.260 e. The second-order valence-corrected chi connectivity index (χ2v) is 6.31. The maximum atomic E-state index is 12.9. The number of aromatic amines is 1. The molecule has 0 aliphatic carbocycles. The number of hydrogen-bond donors (Lipinski definition) is 3. The highest BCUT2D eigenvalue weighted by Crippen LogP contribution is 2.25. The van der Waals surface area contributed by atoms with E-state index in [1.165, 1.54) is 0 Å². The van der Waals surface area contributed by atoms with E-state index in [1.807, 2.05) is 42.8 Å². The van der Waals surface area contributed by atoms with Crippen LogP contribution < -0.4 is 5.32 Å². The highest BCUT2D eigenvalue weighted by molar-refractivity contribution is 6.08. The van der Waals surface area contributed by atoms with Crippen molar-refractivity contribution in [1.29, 1.82) is 0 Å². The van der Waals surface area contributed by atoms with E-state index < -0.39 is 0 Å². The second-order valence-electron chi connectivity index (χ2n) is 6.31. The Morgan fingerprint density at radius 3 is 2.85 bits per heavy atom. The molecule has 0 fully saturated rings. The highest BCUT2D eigenvalue weighted by Gasteiger charge is 2.19. The van der Waals surface area contributed by atoms with Crippen LogP contribution in [0.25, 0.3) is 16.6 Å². The number of rotatable bonds is 4. The van der Waals surface area contributed by atoms with Crippen LogP contribution in [0, 0.1) is 6.92 Å². The number of nitrogens with zero attached hydrogens (tertiary/aromatic N) is 3. The summed E-state index contributed by atoms with van der Waals surface area (Å²) in [6.07, 6.45) is 2.24. The van der Waals surface area contributed by atoms with Gasteiger partial charge >= 0.3 is 0 Å². The van der Waals surface area contributed by atoms with Crippen molar-refractivity contribution in [3.05, 3.63) is 65.5 Å². The van der Waals surface area contributed by atoms with Crippen LogP contribution in [0.2, 0.25) is 0 Å². The second kappa shape index (κ2) is 6.60. The van der Waals surface area contributed by atoms with E-state index in [-0.39, 0.29) is 11.7 Å². The summed E-state index contributed by atoms with van der Waals surface area (Å²) in [6.45, 7) is 4.01. The molecule has 3 N–H and O–H groups in total. The number of fused-ring (bicyclic) bond motifs is 1. The monoisotopic (exact) mass is 361 g/mol. The Labute approximate surface area is 155 Å². The minimum absolute atomic E-state index is 0.136. The van der Waals surface area contributed by atoms with Crippen LogP contribution >= 0.6 is 0 Å². The van der Waals surface area contributed by atoms with Crippen molar-refractivity contribution in [1.82, 2.24) is 20.0 Å². The number of amides is 1. The Morgan fingerprint density at radius 1 is 1.26 bits per heavy atom. The number of aryl methyl sites for hydroxylation is 1. The largest absolute Gasteiger partial charge is 0.508 e. The predicted molar refractivity (Wildman–Crippen MR) is 103 cm³/mol. The van der Waals surface area contributed by atoms with Crippen LogP contribution in [-0.4, -0.2) is 31.0 Å². The third-order valence-electron chi connectivity index (χ3n) is 4.57. The number of para-hydroxylation sites is 1. The predicted octanol–water partition coefficient (Wildman–Crippen LogP) is 3.58. The zero-order chi connectivity index (χ0) is 19.0. The molecule has 4 rings (SSSR count). The van der Waals surface area contributed by atoms with Crippen LogP contribution in [0.1, 0.15) is 28.5 Å². The number of carbonyl (C=O) groups is 1. The molecule has 7 heteroatoms. The van der Waals surface area contributed by atoms with Gasteiger partial charge in [0.1, 0.15) is 5.75 Å². The molecule has 0 aliphatic heterocycles. The number of anilines is 1. The van der Waals surface area contributed by atoms with Crippen molar-refractivity contribution in [2.45, 2.75) is 20.3 Å². The number of aromatic nitrogens is 4. The fourth-order valence-corrected chi connectivity index (χ4v) is 3.19. The summed E-state index contributed by atoms with van der Waals surface area (Å²) in [5, 5.41) is 24.5. The molecule has 0 saturated heterocycles. The van der Waals surface area contributed by atoms with Gasteiger partial charge < -0.3 is 10.4 Å². The first-order valence-electron chi connectivity index (χ1n) is 8.70. The summed E-state index contributed by atoms with van der Waals surface area (Å²) in [4.78, 5) is 12.9. The van der Waals surface area contributed by atoms with Crippen molar-refractivity contribution < 1.29 is 9.90 Å². The topological polar surface area (TPSA) is 95.8 Å². The van der Waals surface area contributed by atoms with Crippen molar-refractivity contribution in [2.75, 3.05) is 5.32 Å². The maximum Gasteiger partial charge on any atom is 0.260 e. The third-order valence-corrected chi connectivity index (χ3v) is 4.57. The van der Waals surface area contributed by atoms with E-state index >= 15 is 0 Å². The van der Waals surface area contributed by atoms with Gasteiger partial charge in [-0.1, -0.05) is 25.1 Å². The summed E-state index contributed by atoms with van der Waals surface area (Å²) < 4.78 is 1.81. The summed E-state index contributed by atoms with van der Waals surface area (Å²) in [5.41, 5.74) is 4.03. The Kier molecular flexibility index (Phi) is 4.12. The maximum absolute atomic E-state index is 12.9. The molecule has 2 aromatic heterocycles. The van der Waals surface area contributed by atoms with Crippen molar-refractivity contribution in [3.8, 4) is 11.4 Å². The van der Waals surface area contributed by atoms with Gasteiger partial charge in [0.2, 0.25) is 0 Å². The first kappa shape index (κ1) is 16.8. The van der Waals surface area contributed by atoms with Gasteiger partial charge in [-0.2, -0.15) is 10.2 Å². The number of hydrogen-bond acceptors (Lipinski definition) is 4. The number of nitrogens with one attached hydrogen (secondary N) is 2. The first-order valence-corrected chi connectivity index (χ1v) is 8.70. The molecule has 0 spiro atoms. The molecule has 7 nitrogen and oxygen atoms in total. The third kappa shape index (κ3) is 2.93. The van der Waals surface area contributed by atoms with Gasteiger partial charge in [-0.05, 0) is 37.1 Å². The Bertz CT molecular complexity index is 1140. The first-order chi connectivity index (χ1) is 13.1. The van der Waals surface area contributed by atoms with E-state index in [0.717, 1.165) is 22.3 Å². The van der Waals surface area contributed by atoms with Gasteiger partial charge in [-0.3, -0.25) is 9.89 Å². The molecular formula is C20H19N5O2. The van der Waals surface area contributed by atoms with Gasteiger partial charge in [0, 0.05) is 11.5 Å². The zero-order valence-corrected chi connectivity index (χ0v) is 15.0. The summed E-state index contributed by atoms with van der Waals surface area (Å²) in [7, 11) is 0. The average molecular weight is 361 g/mol. The number of carbonyl (C=O) groups excluding carboxylic acids is 1. The summed E-state index contributed by atoms with van der Waals surface area (Å²) >= 11 is 0. The van der Waals surface area contributed by atoms with Crippen molar-refractivity contribution >= 4 is 22.6 Å². The minimum atomic E-state index is -0.270. The SMILES string of the molecule is CCc1c(C(=O)Nc2n[nH]c3cc(O)ccc23)cnn1-c1ccccc1C. The lowest BCUT2D eigenvalue weighted by molar-refractivity contribution is 0.102. The number of H-pyrrole nitrogens is 1. The Morgan fingerprint density at radius 2 is 2.07 bits per heavy atom. The van der Waals surface area contributed by atoms with Gasteiger partial charge in [0.25, 0.3) is 5.91 Å². The van der Waals surface area contributed by atoms with Crippen LogP contribution in [0.15, 0.2) is 48.7 Å². The fourth-order valence-electron chi connectivity index (χ4n) is 3.19. The van der Waals surface area contributed by atoms with Crippen LogP contribution in [0.3, 0.4) is 0 Å². The standard InChI is InChI=1S/C20H19N5O2/c1-3-17-15(11-21-25(17)18-7-5-4-6-12(18)2)20(27)22-19-14-9-8-13(26)10-16(14)23-24-19/h4-11,26H,3H2,1-2H3,(H2,22,23,24,27). The summed E-state index contributed by atoms with van der Waals surface area (Å²) in [6, 6.07) is 12.8. The van der Waals surface area contributed by atoms with Crippen LogP contribution in [-0.2, 0) is 6.42 Å². The zero-order valence-electron chi connectivity index (χ0n) is 15.0. The Balaban J connectivity index is 1.69. The lowest BCUT2D eigenvalue weighted by atomic mass is 10.1. The summed E-state index contributed by atoms with van der Waals surface area (Å²) in [5.74, 6) is 0.283. The molecule has 0 atom stereocenters. The molecule has 0 bridgehead atoms. The van der Waals surface area contributed by atoms with E-state index in [9.17, 15) is 9.90 Å². The highest BCUT2D eigenvalue weighted by atomic mass is 16.3. The molecule has 27 heavy (non-hydrogen) atoms. The van der Waals surface area contributed by atoms with Crippen LogP contribution in [0.4, 0.5) is 5.82 Å². The number of aromatic hydroxyl groups is 1. The number of phenols is 1. The molecule has 2 heterocycles. The van der Waals surface area contributed by atoms with Crippen LogP contribution in [0.5, 0.6) is 5.75 Å². The van der Waals surface area contributed by atoms with Gasteiger partial charge in [0.05, 0.1) is 28.7 Å². The van der Waals surface area contributed by atoms with Gasteiger partial charge in [0.15, 0.2) is 5.82 Å². The Hall–Kier alpha value is -3.61. The average Bonchev–Trinajstić information content (AvgIpc) is 3.26. The van der Waals surface area contributed by atoms with E-state index in [1.54, 1.807) is 24.4 Å². The van der Waals surface area contributed by atoms with Gasteiger partial charge in [-0.15, -0.1) is 0 Å². The van der Waals surface area contributed by atoms with Gasteiger partial charge in [-0.25, -0.2) is 4.68 Å². The van der Waals surface area contributed by atoms with E-state index in [4.69, 9.17) is 0 Å². The lowest BCUT2D eigenvalue weighted by Crippen LogP contribution is -2.15. The molecule has 2 aromatic carbocycles. The molecule has 4 aromatic rings. The molecule has 0 radical (unpaired) electrons. The van der Waals surface area contributed by atoms with E-state index in [2.05, 4.69) is 20.6 Å². The number of benzene rings is 2. The molecule has 1 amide bonds. The lowest BCUT2D eigenvalue weighted by Gasteiger charge is -2.10. The molecular weight excluding hydrogens is 342 g/mol. The minimum Gasteiger partial charge on any atom is -0.508 e. The molecule has 0 aliphatic rings. The molecule has 0 unspecified atom stereocenters. The van der Waals surface area contributed by atoms with Crippen molar-refractivity contribution in [3.63, 3.8) is 0 Å². The normalized spacial score (nSPS) is 11.0. The quantitative estimate of drug-likeness (QED) is 0.518. The fraction of sp³-hybridized carbons (Fsp3) is 0.150. The number of phenolic OH excluding ortho intramolecular Hbond substituents is 1.